The summed E-state index contributed by atoms with van der Waals surface area (Å²) >= 11 is 0. The minimum atomic E-state index is 0.150. The summed E-state index contributed by atoms with van der Waals surface area (Å²) in [5.41, 5.74) is 4.65. The van der Waals surface area contributed by atoms with Gasteiger partial charge in [0.05, 0.1) is 11.4 Å². The Hall–Kier alpha value is -1.66. The molecule has 3 heterocycles. The standard InChI is InChI=1S/C15H23N5O/c1-10-13(11(2)19-18-10)9-16-8-12-5-7-21-15(12)14-4-6-17-20(14)3/h4,6,12,15-16H,5,7-9H2,1-3H3,(H,18,19)/t12-,15+/m0/s1. The lowest BCUT2D eigenvalue weighted by molar-refractivity contribution is 0.0838. The van der Waals surface area contributed by atoms with Crippen LogP contribution in [0, 0.1) is 19.8 Å². The Morgan fingerprint density at radius 2 is 2.33 bits per heavy atom. The molecule has 1 saturated heterocycles. The molecule has 0 spiro atoms. The van der Waals surface area contributed by atoms with E-state index in [1.165, 1.54) is 5.56 Å². The van der Waals surface area contributed by atoms with Crippen LogP contribution in [0.25, 0.3) is 0 Å². The molecule has 2 N–H and O–H groups in total. The van der Waals surface area contributed by atoms with E-state index < -0.39 is 0 Å². The maximum Gasteiger partial charge on any atom is 0.103 e. The summed E-state index contributed by atoms with van der Waals surface area (Å²) in [6.07, 6.45) is 3.07. The zero-order chi connectivity index (χ0) is 14.8. The van der Waals surface area contributed by atoms with Crippen LogP contribution in [0.4, 0.5) is 0 Å². The SMILES string of the molecule is Cc1n[nH]c(C)c1CNC[C@@H]1CCO[C@H]1c1ccnn1C. The van der Waals surface area contributed by atoms with E-state index in [0.717, 1.165) is 43.2 Å². The van der Waals surface area contributed by atoms with Gasteiger partial charge in [-0.1, -0.05) is 0 Å². The van der Waals surface area contributed by atoms with Gasteiger partial charge < -0.3 is 10.1 Å². The average Bonchev–Trinajstić information content (AvgIpc) is 3.15. The number of aromatic nitrogens is 4. The minimum Gasteiger partial charge on any atom is -0.372 e. The Bertz CT molecular complexity index is 583. The highest BCUT2D eigenvalue weighted by atomic mass is 16.5. The second-order valence-electron chi connectivity index (χ2n) is 5.76. The molecule has 6 nitrogen and oxygen atoms in total. The molecule has 6 heteroatoms. The van der Waals surface area contributed by atoms with Crippen LogP contribution >= 0.6 is 0 Å². The van der Waals surface area contributed by atoms with Crippen molar-refractivity contribution in [2.75, 3.05) is 13.2 Å². The lowest BCUT2D eigenvalue weighted by atomic mass is 9.99. The fraction of sp³-hybridized carbons (Fsp3) is 0.600. The Labute approximate surface area is 124 Å². The van der Waals surface area contributed by atoms with Crippen molar-refractivity contribution < 1.29 is 4.74 Å². The van der Waals surface area contributed by atoms with E-state index in [1.54, 1.807) is 0 Å². The first-order chi connectivity index (χ1) is 10.2. The quantitative estimate of drug-likeness (QED) is 0.878. The molecule has 2 aromatic heterocycles. The van der Waals surface area contributed by atoms with Crippen LogP contribution in [-0.4, -0.2) is 33.1 Å². The van der Waals surface area contributed by atoms with Crippen molar-refractivity contribution in [3.8, 4) is 0 Å². The number of aromatic amines is 1. The highest BCUT2D eigenvalue weighted by molar-refractivity contribution is 5.22. The van der Waals surface area contributed by atoms with E-state index in [2.05, 4.69) is 27.5 Å². The molecule has 0 aliphatic carbocycles. The van der Waals surface area contributed by atoms with Crippen molar-refractivity contribution >= 4 is 0 Å². The molecule has 1 aliphatic rings. The van der Waals surface area contributed by atoms with E-state index in [-0.39, 0.29) is 6.10 Å². The van der Waals surface area contributed by atoms with Gasteiger partial charge in [0.15, 0.2) is 0 Å². The van der Waals surface area contributed by atoms with Gasteiger partial charge in [-0.15, -0.1) is 0 Å². The first-order valence-electron chi connectivity index (χ1n) is 7.47. The van der Waals surface area contributed by atoms with E-state index in [9.17, 15) is 0 Å². The van der Waals surface area contributed by atoms with Gasteiger partial charge in [-0.05, 0) is 26.3 Å². The van der Waals surface area contributed by atoms with E-state index in [0.29, 0.717) is 5.92 Å². The Morgan fingerprint density at radius 3 is 3.00 bits per heavy atom. The van der Waals surface area contributed by atoms with Crippen molar-refractivity contribution in [1.29, 1.82) is 0 Å². The van der Waals surface area contributed by atoms with Gasteiger partial charge in [0.2, 0.25) is 0 Å². The normalized spacial score (nSPS) is 22.0. The molecule has 0 bridgehead atoms. The molecule has 0 aromatic carbocycles. The summed E-state index contributed by atoms with van der Waals surface area (Å²) < 4.78 is 7.82. The monoisotopic (exact) mass is 289 g/mol. The van der Waals surface area contributed by atoms with Gasteiger partial charge >= 0.3 is 0 Å². The molecule has 2 aromatic rings. The molecule has 0 saturated carbocycles. The van der Waals surface area contributed by atoms with Crippen molar-refractivity contribution in [3.05, 3.63) is 34.9 Å². The van der Waals surface area contributed by atoms with Gasteiger partial charge in [0, 0.05) is 50.1 Å². The Kier molecular flexibility index (Phi) is 4.07. The number of rotatable bonds is 5. The summed E-state index contributed by atoms with van der Waals surface area (Å²) in [6, 6.07) is 2.05. The third-order valence-corrected chi connectivity index (χ3v) is 4.35. The second-order valence-corrected chi connectivity index (χ2v) is 5.76. The second kappa shape index (κ2) is 5.99. The largest absolute Gasteiger partial charge is 0.372 e. The van der Waals surface area contributed by atoms with Crippen molar-refractivity contribution in [3.63, 3.8) is 0 Å². The average molecular weight is 289 g/mol. The summed E-state index contributed by atoms with van der Waals surface area (Å²) in [5.74, 6) is 0.493. The summed E-state index contributed by atoms with van der Waals surface area (Å²) in [6.45, 7) is 6.72. The van der Waals surface area contributed by atoms with Crippen molar-refractivity contribution in [2.24, 2.45) is 13.0 Å². The van der Waals surface area contributed by atoms with Gasteiger partial charge in [-0.25, -0.2) is 0 Å². The molecular weight excluding hydrogens is 266 g/mol. The number of H-pyrrole nitrogens is 1. The number of aryl methyl sites for hydroxylation is 3. The zero-order valence-electron chi connectivity index (χ0n) is 12.9. The first kappa shape index (κ1) is 14.3. The van der Waals surface area contributed by atoms with Gasteiger partial charge in [0.1, 0.15) is 6.10 Å². The number of ether oxygens (including phenoxy) is 1. The van der Waals surface area contributed by atoms with Gasteiger partial charge in [0.25, 0.3) is 0 Å². The highest BCUT2D eigenvalue weighted by Gasteiger charge is 2.31. The number of hydrogen-bond acceptors (Lipinski definition) is 4. The van der Waals surface area contributed by atoms with E-state index in [1.807, 2.05) is 30.9 Å². The van der Waals surface area contributed by atoms with Crippen LogP contribution in [0.1, 0.15) is 35.2 Å². The van der Waals surface area contributed by atoms with Crippen LogP contribution in [0.2, 0.25) is 0 Å². The molecule has 0 radical (unpaired) electrons. The number of nitrogens with zero attached hydrogens (tertiary/aromatic N) is 3. The molecular formula is C15H23N5O. The highest BCUT2D eigenvalue weighted by Crippen LogP contribution is 2.33. The smallest absolute Gasteiger partial charge is 0.103 e. The number of hydrogen-bond donors (Lipinski definition) is 2. The fourth-order valence-electron chi connectivity index (χ4n) is 3.05. The minimum absolute atomic E-state index is 0.150. The molecule has 21 heavy (non-hydrogen) atoms. The lowest BCUT2D eigenvalue weighted by Gasteiger charge is -2.19. The predicted octanol–water partition coefficient (Wildman–Crippen LogP) is 1.63. The molecule has 2 atom stereocenters. The van der Waals surface area contributed by atoms with Crippen molar-refractivity contribution in [2.45, 2.75) is 32.9 Å². The number of nitrogens with one attached hydrogen (secondary N) is 2. The first-order valence-corrected chi connectivity index (χ1v) is 7.47. The maximum absolute atomic E-state index is 5.91. The predicted molar refractivity (Wildman–Crippen MR) is 79.8 cm³/mol. The van der Waals surface area contributed by atoms with Crippen LogP contribution in [0.3, 0.4) is 0 Å². The summed E-state index contributed by atoms with van der Waals surface area (Å²) in [5, 5.41) is 15.1. The van der Waals surface area contributed by atoms with Crippen LogP contribution in [0.15, 0.2) is 12.3 Å². The lowest BCUT2D eigenvalue weighted by Crippen LogP contribution is -2.25. The van der Waals surface area contributed by atoms with Gasteiger partial charge in [-0.3, -0.25) is 9.78 Å². The molecule has 1 fully saturated rings. The van der Waals surface area contributed by atoms with E-state index in [4.69, 9.17) is 4.74 Å². The topological polar surface area (TPSA) is 67.8 Å². The van der Waals surface area contributed by atoms with E-state index >= 15 is 0 Å². The molecule has 0 unspecified atom stereocenters. The maximum atomic E-state index is 5.91. The third-order valence-electron chi connectivity index (χ3n) is 4.35. The van der Waals surface area contributed by atoms with Crippen LogP contribution in [0.5, 0.6) is 0 Å². The molecule has 1 aliphatic heterocycles. The Morgan fingerprint density at radius 1 is 1.48 bits per heavy atom. The summed E-state index contributed by atoms with van der Waals surface area (Å²) in [4.78, 5) is 0. The van der Waals surface area contributed by atoms with Crippen LogP contribution in [-0.2, 0) is 18.3 Å². The summed E-state index contributed by atoms with van der Waals surface area (Å²) in [7, 11) is 1.97. The zero-order valence-corrected chi connectivity index (χ0v) is 12.9. The molecule has 114 valence electrons. The third kappa shape index (κ3) is 2.87. The van der Waals surface area contributed by atoms with Crippen molar-refractivity contribution in [1.82, 2.24) is 25.3 Å². The van der Waals surface area contributed by atoms with Gasteiger partial charge in [-0.2, -0.15) is 10.2 Å². The fourth-order valence-corrected chi connectivity index (χ4v) is 3.05. The Balaban J connectivity index is 1.59. The molecule has 0 amide bonds. The van der Waals surface area contributed by atoms with Crippen LogP contribution < -0.4 is 5.32 Å². The molecule has 3 rings (SSSR count).